The van der Waals surface area contributed by atoms with E-state index >= 15 is 0 Å². The lowest BCUT2D eigenvalue weighted by atomic mass is 9.95. The molecule has 7 rings (SSSR count). The maximum Gasteiger partial charge on any atom is 0.268 e. The fourth-order valence-corrected chi connectivity index (χ4v) is 11.3. The summed E-state index contributed by atoms with van der Waals surface area (Å²) in [5.41, 5.74) is 5.10. The van der Waals surface area contributed by atoms with E-state index in [1.165, 1.54) is 0 Å². The van der Waals surface area contributed by atoms with E-state index in [0.29, 0.717) is 17.4 Å². The quantitative estimate of drug-likeness (QED) is 0.106. The Morgan fingerprint density at radius 1 is 0.654 bits per heavy atom. The minimum atomic E-state index is -4.08. The van der Waals surface area contributed by atoms with E-state index < -0.39 is 40.1 Å². The molecule has 52 heavy (non-hydrogen) atoms. The summed E-state index contributed by atoms with van der Waals surface area (Å²) >= 11 is -1.50. The van der Waals surface area contributed by atoms with Gasteiger partial charge in [0.1, 0.15) is 10.8 Å². The molecule has 1 unspecified atom stereocenters. The molecule has 0 aliphatic carbocycles. The molecule has 1 heterocycles. The number of hydrogen-bond acceptors (Lipinski definition) is 4. The first kappa shape index (κ1) is 35.9. The van der Waals surface area contributed by atoms with Gasteiger partial charge < -0.3 is 4.55 Å². The van der Waals surface area contributed by atoms with Crippen LogP contribution in [0.1, 0.15) is 43.6 Å². The first-order valence-corrected chi connectivity index (χ1v) is 21.4. The highest BCUT2D eigenvalue weighted by Crippen LogP contribution is 2.45. The second-order valence-corrected chi connectivity index (χ2v) is 19.6. The Morgan fingerprint density at radius 3 is 1.69 bits per heavy atom. The zero-order valence-electron chi connectivity index (χ0n) is 29.4. The summed E-state index contributed by atoms with van der Waals surface area (Å²) in [6.45, 7) is 5.83. The van der Waals surface area contributed by atoms with E-state index in [1.807, 2.05) is 106 Å². The molecule has 5 nitrogen and oxygen atoms in total. The largest absolute Gasteiger partial charge is 0.598 e. The molecule has 0 saturated heterocycles. The Hall–Kier alpha value is -4.49. The molecule has 262 valence electrons. The number of nitrogens with one attached hydrogen (secondary N) is 1. The smallest absolute Gasteiger partial charge is 0.268 e. The van der Waals surface area contributed by atoms with Crippen LogP contribution in [0.3, 0.4) is 0 Å². The standard InChI is InChI=1S/C44H41N2O3PS2/c1-44(2,3)51(47)45-43(35-30-28-34(29-31-35)33-18-8-4-9-19-33)42-39-26-16-17-27-40(39)46(52(48,49)38-24-14-7-15-25-38)41(42)32-50(36-20-10-5-11-21-36)37-22-12-6-13-23-37/h4-31,43,45H,32H2,1-3H3/t43-,51?/m0/s1. The number of para-hydroxylation sites is 1. The Balaban J connectivity index is 1.52. The lowest BCUT2D eigenvalue weighted by Crippen LogP contribution is -2.41. The van der Waals surface area contributed by atoms with Crippen molar-refractivity contribution in [2.24, 2.45) is 0 Å². The average Bonchev–Trinajstić information content (AvgIpc) is 3.51. The van der Waals surface area contributed by atoms with Crippen molar-refractivity contribution < 1.29 is 13.0 Å². The summed E-state index contributed by atoms with van der Waals surface area (Å²) in [5.74, 6) is 0. The van der Waals surface area contributed by atoms with E-state index in [9.17, 15) is 13.0 Å². The van der Waals surface area contributed by atoms with Gasteiger partial charge in [-0.15, -0.1) is 4.72 Å². The molecule has 0 saturated carbocycles. The van der Waals surface area contributed by atoms with Crippen molar-refractivity contribution in [3.05, 3.63) is 187 Å². The SMILES string of the molecule is CC(C)(C)[S+]([O-])N[C@@H](c1ccc(-c2ccccc2)cc1)c1c(CP(c2ccccc2)c2ccccc2)n(S(=O)(=O)c2ccccc2)c2ccccc12. The molecular weight excluding hydrogens is 700 g/mol. The van der Waals surface area contributed by atoms with Crippen LogP contribution in [0.5, 0.6) is 0 Å². The van der Waals surface area contributed by atoms with Crippen molar-refractivity contribution in [3.8, 4) is 11.1 Å². The van der Waals surface area contributed by atoms with Gasteiger partial charge in [0.15, 0.2) is 0 Å². The van der Waals surface area contributed by atoms with Gasteiger partial charge in [-0.1, -0.05) is 152 Å². The molecule has 2 atom stereocenters. The summed E-state index contributed by atoms with van der Waals surface area (Å²) in [7, 11) is -5.15. The summed E-state index contributed by atoms with van der Waals surface area (Å²) in [6, 6.07) is 54.9. The lowest BCUT2D eigenvalue weighted by molar-refractivity contribution is 0.535. The normalized spacial score (nSPS) is 13.3. The number of nitrogens with zero attached hydrogens (tertiary/aromatic N) is 1. The van der Waals surface area contributed by atoms with Gasteiger partial charge in [0, 0.05) is 34.2 Å². The number of rotatable bonds is 11. The molecule has 8 heteroatoms. The van der Waals surface area contributed by atoms with Crippen LogP contribution < -0.4 is 15.3 Å². The van der Waals surface area contributed by atoms with Gasteiger partial charge >= 0.3 is 0 Å². The third-order valence-electron chi connectivity index (χ3n) is 9.12. The van der Waals surface area contributed by atoms with Crippen molar-refractivity contribution in [3.63, 3.8) is 0 Å². The van der Waals surface area contributed by atoms with Crippen LogP contribution in [0.15, 0.2) is 175 Å². The number of aromatic nitrogens is 1. The van der Waals surface area contributed by atoms with Gasteiger partial charge in [0.2, 0.25) is 0 Å². The molecule has 0 aliphatic heterocycles. The van der Waals surface area contributed by atoms with Crippen molar-refractivity contribution in [1.82, 2.24) is 8.69 Å². The monoisotopic (exact) mass is 740 g/mol. The van der Waals surface area contributed by atoms with E-state index in [4.69, 9.17) is 0 Å². The molecule has 1 N–H and O–H groups in total. The van der Waals surface area contributed by atoms with Crippen LogP contribution in [0, 0.1) is 0 Å². The highest BCUT2D eigenvalue weighted by molar-refractivity contribution is 7.91. The Bertz CT molecular complexity index is 2320. The average molecular weight is 741 g/mol. The fraction of sp³-hybridized carbons (Fsp3) is 0.136. The van der Waals surface area contributed by atoms with Gasteiger partial charge in [-0.2, -0.15) is 0 Å². The van der Waals surface area contributed by atoms with Crippen LogP contribution in [-0.4, -0.2) is 21.7 Å². The molecule has 0 spiro atoms. The van der Waals surface area contributed by atoms with Crippen LogP contribution in [0.4, 0.5) is 0 Å². The molecule has 7 aromatic rings. The van der Waals surface area contributed by atoms with Crippen LogP contribution in [0.2, 0.25) is 0 Å². The van der Waals surface area contributed by atoms with Gasteiger partial charge in [0.25, 0.3) is 10.0 Å². The van der Waals surface area contributed by atoms with E-state index in [1.54, 1.807) is 28.2 Å². The fourth-order valence-electron chi connectivity index (χ4n) is 6.51. The van der Waals surface area contributed by atoms with Crippen molar-refractivity contribution >= 4 is 50.8 Å². The molecule has 0 radical (unpaired) electrons. The Morgan fingerprint density at radius 2 is 1.13 bits per heavy atom. The van der Waals surface area contributed by atoms with Crippen LogP contribution in [0.25, 0.3) is 22.0 Å². The lowest BCUT2D eigenvalue weighted by Gasteiger charge is -2.29. The predicted octanol–water partition coefficient (Wildman–Crippen LogP) is 9.32. The van der Waals surface area contributed by atoms with Gasteiger partial charge in [-0.3, -0.25) is 0 Å². The van der Waals surface area contributed by atoms with Crippen molar-refractivity contribution in [1.29, 1.82) is 0 Å². The summed E-state index contributed by atoms with van der Waals surface area (Å²) in [6.07, 6.45) is 0.432. The van der Waals surface area contributed by atoms with Gasteiger partial charge in [-0.05, 0) is 74.2 Å². The highest BCUT2D eigenvalue weighted by atomic mass is 32.2. The second-order valence-electron chi connectivity index (χ2n) is 13.6. The number of benzene rings is 6. The van der Waals surface area contributed by atoms with Crippen molar-refractivity contribution in [2.45, 2.75) is 42.6 Å². The minimum absolute atomic E-state index is 0.210. The number of hydrogen-bond donors (Lipinski definition) is 1. The molecule has 0 bridgehead atoms. The van der Waals surface area contributed by atoms with E-state index in [0.717, 1.165) is 38.2 Å². The van der Waals surface area contributed by atoms with Crippen LogP contribution >= 0.6 is 7.92 Å². The molecule has 0 fully saturated rings. The molecule has 0 aliphatic rings. The zero-order valence-corrected chi connectivity index (χ0v) is 31.9. The van der Waals surface area contributed by atoms with Crippen molar-refractivity contribution in [2.75, 3.05) is 0 Å². The number of fused-ring (bicyclic) bond motifs is 1. The first-order valence-electron chi connectivity index (χ1n) is 17.3. The highest BCUT2D eigenvalue weighted by Gasteiger charge is 2.37. The summed E-state index contributed by atoms with van der Waals surface area (Å²) in [5, 5.41) is 3.07. The Kier molecular flexibility index (Phi) is 10.5. The third-order valence-corrected chi connectivity index (χ3v) is 14.9. The van der Waals surface area contributed by atoms with E-state index in [2.05, 4.69) is 65.4 Å². The second kappa shape index (κ2) is 15.2. The summed E-state index contributed by atoms with van der Waals surface area (Å²) in [4.78, 5) is 0.210. The first-order chi connectivity index (χ1) is 25.1. The molecule has 6 aromatic carbocycles. The topological polar surface area (TPSA) is 74.2 Å². The predicted molar refractivity (Wildman–Crippen MR) is 218 cm³/mol. The molecule has 1 aromatic heterocycles. The minimum Gasteiger partial charge on any atom is -0.598 e. The van der Waals surface area contributed by atoms with E-state index in [-0.39, 0.29) is 4.90 Å². The summed E-state index contributed by atoms with van der Waals surface area (Å²) < 4.78 is 48.5. The zero-order chi connectivity index (χ0) is 36.3. The Labute approximate surface area is 311 Å². The van der Waals surface area contributed by atoms with Gasteiger partial charge in [-0.25, -0.2) is 12.4 Å². The molecule has 0 amide bonds. The maximum atomic E-state index is 15.0. The maximum absolute atomic E-state index is 15.0. The third kappa shape index (κ3) is 7.38. The molecular formula is C44H41N2O3PS2. The van der Waals surface area contributed by atoms with Gasteiger partial charge in [0.05, 0.1) is 10.4 Å². The van der Waals surface area contributed by atoms with Crippen LogP contribution in [-0.2, 0) is 27.5 Å².